The van der Waals surface area contributed by atoms with Gasteiger partial charge in [-0.25, -0.2) is 10.1 Å². The fraction of sp³-hybridized carbons (Fsp3) is 0.111. The molecule has 82 valence electrons. The van der Waals surface area contributed by atoms with Crippen LogP contribution < -0.4 is 0 Å². The van der Waals surface area contributed by atoms with Crippen LogP contribution in [0.15, 0.2) is 24.3 Å². The summed E-state index contributed by atoms with van der Waals surface area (Å²) in [5.41, 5.74) is 0.889. The summed E-state index contributed by atoms with van der Waals surface area (Å²) >= 11 is 0. The van der Waals surface area contributed by atoms with Crippen molar-refractivity contribution in [3.63, 3.8) is 0 Å². The zero-order chi connectivity index (χ0) is 11.3. The number of hydrogen-bond donors (Lipinski definition) is 1. The summed E-state index contributed by atoms with van der Waals surface area (Å²) in [6, 6.07) is 6.59. The number of nitrogens with zero attached hydrogens (tertiary/aromatic N) is 3. The molecule has 0 aliphatic rings. The summed E-state index contributed by atoms with van der Waals surface area (Å²) in [6.45, 7) is 0. The van der Waals surface area contributed by atoms with Gasteiger partial charge in [0.15, 0.2) is 0 Å². The number of aromatic amines is 1. The number of hydrogen-bond acceptors (Lipinski definition) is 2. The van der Waals surface area contributed by atoms with Crippen molar-refractivity contribution in [2.75, 3.05) is 0 Å². The van der Waals surface area contributed by atoms with Crippen molar-refractivity contribution in [3.8, 4) is 0 Å². The second-order valence-electron chi connectivity index (χ2n) is 3.30. The van der Waals surface area contributed by atoms with Crippen LogP contribution >= 0.6 is 0 Å². The largest absolute Gasteiger partial charge is 0.452 e. The van der Waals surface area contributed by atoms with Crippen molar-refractivity contribution in [3.05, 3.63) is 30.1 Å². The number of rotatable bonds is 0. The summed E-state index contributed by atoms with van der Waals surface area (Å²) in [4.78, 5) is 3.99. The third kappa shape index (κ3) is 1.11. The van der Waals surface area contributed by atoms with Crippen LogP contribution in [0.1, 0.15) is 5.82 Å². The minimum absolute atomic E-state index is 0.0912. The summed E-state index contributed by atoms with van der Waals surface area (Å²) in [6.07, 6.45) is -4.50. The van der Waals surface area contributed by atoms with E-state index in [1.807, 2.05) is 0 Å². The number of H-pyrrole nitrogens is 1. The lowest BCUT2D eigenvalue weighted by atomic mass is 10.3. The van der Waals surface area contributed by atoms with Gasteiger partial charge in [0, 0.05) is 0 Å². The molecule has 2 aromatic heterocycles. The van der Waals surface area contributed by atoms with Gasteiger partial charge in [-0.3, -0.25) is 4.40 Å². The van der Waals surface area contributed by atoms with E-state index in [4.69, 9.17) is 0 Å². The van der Waals surface area contributed by atoms with Crippen molar-refractivity contribution >= 4 is 16.8 Å². The molecule has 0 bridgehead atoms. The molecular formula is C9H5F3N4. The van der Waals surface area contributed by atoms with Gasteiger partial charge in [-0.2, -0.15) is 13.2 Å². The van der Waals surface area contributed by atoms with Crippen LogP contribution in [0.4, 0.5) is 13.2 Å². The highest BCUT2D eigenvalue weighted by molar-refractivity contribution is 5.79. The second kappa shape index (κ2) is 2.75. The van der Waals surface area contributed by atoms with Gasteiger partial charge in [0.2, 0.25) is 11.6 Å². The number of alkyl halides is 3. The third-order valence-corrected chi connectivity index (χ3v) is 2.29. The zero-order valence-corrected chi connectivity index (χ0v) is 7.78. The molecule has 3 aromatic rings. The topological polar surface area (TPSA) is 46.0 Å². The van der Waals surface area contributed by atoms with Crippen molar-refractivity contribution in [2.45, 2.75) is 6.18 Å². The maximum atomic E-state index is 12.6. The molecule has 0 amide bonds. The van der Waals surface area contributed by atoms with Crippen LogP contribution in [-0.2, 0) is 6.18 Å². The van der Waals surface area contributed by atoms with Crippen molar-refractivity contribution < 1.29 is 13.2 Å². The lowest BCUT2D eigenvalue weighted by molar-refractivity contribution is -0.145. The van der Waals surface area contributed by atoms with E-state index >= 15 is 0 Å². The van der Waals surface area contributed by atoms with Gasteiger partial charge in [0.25, 0.3) is 0 Å². The Morgan fingerprint density at radius 2 is 1.94 bits per heavy atom. The number of fused-ring (bicyclic) bond motifs is 3. The van der Waals surface area contributed by atoms with Crippen LogP contribution in [0.3, 0.4) is 0 Å². The van der Waals surface area contributed by atoms with Crippen molar-refractivity contribution in [1.82, 2.24) is 19.6 Å². The number of benzene rings is 1. The van der Waals surface area contributed by atoms with Crippen LogP contribution in [-0.4, -0.2) is 19.6 Å². The summed E-state index contributed by atoms with van der Waals surface area (Å²) < 4.78 is 38.8. The van der Waals surface area contributed by atoms with E-state index in [9.17, 15) is 13.2 Å². The summed E-state index contributed by atoms with van der Waals surface area (Å²) in [5, 5.41) is 5.49. The molecule has 0 saturated carbocycles. The standard InChI is InChI=1S/C9H5F3N4/c10-9(11,12)7-14-15-8-13-5-3-1-2-4-6(5)16(7)8/h1-4H,(H,13,15). The van der Waals surface area contributed by atoms with E-state index in [1.165, 1.54) is 0 Å². The Morgan fingerprint density at radius 3 is 2.69 bits per heavy atom. The Bertz CT molecular complexity index is 664. The predicted molar refractivity (Wildman–Crippen MR) is 49.8 cm³/mol. The summed E-state index contributed by atoms with van der Waals surface area (Å²) in [5.74, 6) is -0.898. The Balaban J connectivity index is 2.48. The second-order valence-corrected chi connectivity index (χ2v) is 3.30. The molecule has 4 nitrogen and oxygen atoms in total. The molecule has 16 heavy (non-hydrogen) atoms. The van der Waals surface area contributed by atoms with Gasteiger partial charge in [0.1, 0.15) is 0 Å². The molecule has 0 radical (unpaired) electrons. The Labute approximate surface area is 86.7 Å². The number of imidazole rings is 1. The van der Waals surface area contributed by atoms with E-state index in [1.54, 1.807) is 24.3 Å². The van der Waals surface area contributed by atoms with Crippen LogP contribution in [0.25, 0.3) is 16.8 Å². The molecular weight excluding hydrogens is 221 g/mol. The van der Waals surface area contributed by atoms with Crippen LogP contribution in [0.2, 0.25) is 0 Å². The number of halogens is 3. The molecule has 0 saturated heterocycles. The first-order valence-corrected chi connectivity index (χ1v) is 4.46. The molecule has 1 N–H and O–H groups in total. The average Bonchev–Trinajstić information content (AvgIpc) is 2.73. The van der Waals surface area contributed by atoms with Gasteiger partial charge < -0.3 is 0 Å². The molecule has 1 aromatic carbocycles. The van der Waals surface area contributed by atoms with Gasteiger partial charge in [-0.15, -0.1) is 5.10 Å². The molecule has 0 fully saturated rings. The van der Waals surface area contributed by atoms with E-state index in [2.05, 4.69) is 15.2 Å². The van der Waals surface area contributed by atoms with Crippen molar-refractivity contribution in [2.24, 2.45) is 0 Å². The minimum Gasteiger partial charge on any atom is -0.255 e. The molecule has 0 unspecified atom stereocenters. The van der Waals surface area contributed by atoms with Gasteiger partial charge in [0.05, 0.1) is 11.0 Å². The fourth-order valence-electron chi connectivity index (χ4n) is 1.66. The zero-order valence-electron chi connectivity index (χ0n) is 7.78. The molecule has 0 atom stereocenters. The molecule has 0 aliphatic carbocycles. The Hall–Kier alpha value is -2.05. The number of aromatic nitrogens is 4. The first-order valence-electron chi connectivity index (χ1n) is 4.46. The first-order chi connectivity index (χ1) is 7.57. The third-order valence-electron chi connectivity index (χ3n) is 2.29. The van der Waals surface area contributed by atoms with Crippen molar-refractivity contribution in [1.29, 1.82) is 0 Å². The average molecular weight is 226 g/mol. The summed E-state index contributed by atoms with van der Waals surface area (Å²) in [7, 11) is 0. The molecule has 7 heteroatoms. The van der Waals surface area contributed by atoms with Crippen LogP contribution in [0.5, 0.6) is 0 Å². The maximum absolute atomic E-state index is 12.6. The number of para-hydroxylation sites is 2. The van der Waals surface area contributed by atoms with Gasteiger partial charge in [-0.1, -0.05) is 12.1 Å². The van der Waals surface area contributed by atoms with E-state index in [0.717, 1.165) is 4.40 Å². The van der Waals surface area contributed by atoms with Gasteiger partial charge in [-0.05, 0) is 12.1 Å². The smallest absolute Gasteiger partial charge is 0.255 e. The van der Waals surface area contributed by atoms with E-state index in [0.29, 0.717) is 11.0 Å². The lowest BCUT2D eigenvalue weighted by Gasteiger charge is -2.02. The van der Waals surface area contributed by atoms with Crippen LogP contribution in [0, 0.1) is 0 Å². The SMILES string of the molecule is FC(F)(F)c1n[nH]c2nc3ccccc3n12. The highest BCUT2D eigenvalue weighted by Crippen LogP contribution is 2.29. The monoisotopic (exact) mass is 226 g/mol. The highest BCUT2D eigenvalue weighted by atomic mass is 19.4. The normalized spacial score (nSPS) is 12.7. The molecule has 0 aliphatic heterocycles. The Kier molecular flexibility index (Phi) is 1.58. The Morgan fingerprint density at radius 1 is 1.19 bits per heavy atom. The maximum Gasteiger partial charge on any atom is 0.452 e. The van der Waals surface area contributed by atoms with E-state index in [-0.39, 0.29) is 5.78 Å². The lowest BCUT2D eigenvalue weighted by Crippen LogP contribution is -2.10. The fourth-order valence-corrected chi connectivity index (χ4v) is 1.66. The van der Waals surface area contributed by atoms with Gasteiger partial charge >= 0.3 is 6.18 Å². The number of nitrogens with one attached hydrogen (secondary N) is 1. The quantitative estimate of drug-likeness (QED) is 0.638. The van der Waals surface area contributed by atoms with E-state index < -0.39 is 12.0 Å². The first kappa shape index (κ1) is 9.20. The molecule has 2 heterocycles. The molecule has 0 spiro atoms. The highest BCUT2D eigenvalue weighted by Gasteiger charge is 2.37. The predicted octanol–water partition coefficient (Wildman–Crippen LogP) is 2.23. The minimum atomic E-state index is -4.50. The molecule has 3 rings (SSSR count).